The number of aromatic nitrogens is 2. The van der Waals surface area contributed by atoms with E-state index in [1.807, 2.05) is 24.3 Å². The van der Waals surface area contributed by atoms with Gasteiger partial charge in [0.05, 0.1) is 12.5 Å². The zero-order valence-corrected chi connectivity index (χ0v) is 10.7. The van der Waals surface area contributed by atoms with Crippen molar-refractivity contribution in [3.05, 3.63) is 18.0 Å². The quantitative estimate of drug-likeness (QED) is 0.809. The van der Waals surface area contributed by atoms with Gasteiger partial charge in [0.2, 0.25) is 5.95 Å². The van der Waals surface area contributed by atoms with E-state index in [1.54, 1.807) is 0 Å². The zero-order valence-electron chi connectivity index (χ0n) is 10.7. The van der Waals surface area contributed by atoms with Crippen LogP contribution in [-0.4, -0.2) is 36.8 Å². The lowest BCUT2D eigenvalue weighted by atomic mass is 9.94. The fourth-order valence-corrected chi connectivity index (χ4v) is 2.09. The van der Waals surface area contributed by atoms with Gasteiger partial charge in [0.25, 0.3) is 0 Å². The van der Waals surface area contributed by atoms with Crippen LogP contribution in [0.5, 0.6) is 0 Å². The first-order valence-corrected chi connectivity index (χ1v) is 6.29. The van der Waals surface area contributed by atoms with Crippen molar-refractivity contribution in [3.63, 3.8) is 0 Å². The van der Waals surface area contributed by atoms with Crippen molar-refractivity contribution in [2.75, 3.05) is 31.7 Å². The Hall–Kier alpha value is -1.67. The van der Waals surface area contributed by atoms with Crippen LogP contribution in [0.3, 0.4) is 0 Å². The summed E-state index contributed by atoms with van der Waals surface area (Å²) in [6.45, 7) is 2.32. The lowest BCUT2D eigenvalue weighted by Crippen LogP contribution is -2.21. The molecule has 1 aliphatic rings. The molecule has 0 aliphatic carbocycles. The van der Waals surface area contributed by atoms with Crippen LogP contribution in [-0.2, 0) is 4.74 Å². The molecular formula is C13H18N4O. The number of anilines is 1. The van der Waals surface area contributed by atoms with E-state index >= 15 is 0 Å². The minimum Gasteiger partial charge on any atom is -0.381 e. The third-order valence-electron chi connectivity index (χ3n) is 3.25. The maximum absolute atomic E-state index is 8.55. The van der Waals surface area contributed by atoms with Gasteiger partial charge in [-0.25, -0.2) is 9.97 Å². The van der Waals surface area contributed by atoms with Crippen molar-refractivity contribution in [1.82, 2.24) is 9.97 Å². The second-order valence-corrected chi connectivity index (χ2v) is 4.53. The Balaban J connectivity index is 1.98. The summed E-state index contributed by atoms with van der Waals surface area (Å²) in [5, 5.41) is 8.55. The standard InChI is InChI=1S/C13H18N4O/c1-17(6-2-5-14)13-15-9-12(10-16-13)11-3-7-18-8-4-11/h9-11H,2-4,6-8H2,1H3. The van der Waals surface area contributed by atoms with Crippen LogP contribution in [0.4, 0.5) is 5.95 Å². The van der Waals surface area contributed by atoms with Gasteiger partial charge < -0.3 is 9.64 Å². The van der Waals surface area contributed by atoms with Crippen molar-refractivity contribution in [2.24, 2.45) is 0 Å². The molecule has 1 saturated heterocycles. The smallest absolute Gasteiger partial charge is 0.225 e. The van der Waals surface area contributed by atoms with Crippen molar-refractivity contribution in [1.29, 1.82) is 5.26 Å². The van der Waals surface area contributed by atoms with E-state index in [0.717, 1.165) is 26.1 Å². The van der Waals surface area contributed by atoms with Gasteiger partial charge in [-0.15, -0.1) is 0 Å². The molecule has 0 aromatic carbocycles. The maximum Gasteiger partial charge on any atom is 0.225 e. The fourth-order valence-electron chi connectivity index (χ4n) is 2.09. The second kappa shape index (κ2) is 6.31. The number of nitriles is 1. The SMILES string of the molecule is CN(CCC#N)c1ncc(C2CCOCC2)cn1. The number of hydrogen-bond acceptors (Lipinski definition) is 5. The highest BCUT2D eigenvalue weighted by atomic mass is 16.5. The predicted molar refractivity (Wildman–Crippen MR) is 68.3 cm³/mol. The van der Waals surface area contributed by atoms with Crippen molar-refractivity contribution in [3.8, 4) is 6.07 Å². The van der Waals surface area contributed by atoms with Gasteiger partial charge >= 0.3 is 0 Å². The fraction of sp³-hybridized carbons (Fsp3) is 0.615. The lowest BCUT2D eigenvalue weighted by molar-refractivity contribution is 0.0852. The summed E-state index contributed by atoms with van der Waals surface area (Å²) >= 11 is 0. The van der Waals surface area contributed by atoms with Crippen LogP contribution < -0.4 is 4.90 Å². The Morgan fingerprint density at radius 3 is 2.67 bits per heavy atom. The zero-order chi connectivity index (χ0) is 12.8. The third kappa shape index (κ3) is 3.17. The molecule has 2 rings (SSSR count). The van der Waals surface area contributed by atoms with Gasteiger partial charge in [-0.1, -0.05) is 0 Å². The topological polar surface area (TPSA) is 62.0 Å². The first-order chi connectivity index (χ1) is 8.81. The number of hydrogen-bond donors (Lipinski definition) is 0. The molecule has 5 heteroatoms. The van der Waals surface area contributed by atoms with E-state index in [2.05, 4.69) is 16.0 Å². The Bertz CT molecular complexity index is 406. The van der Waals surface area contributed by atoms with E-state index in [4.69, 9.17) is 10.00 Å². The van der Waals surface area contributed by atoms with E-state index in [-0.39, 0.29) is 0 Å². The number of ether oxygens (including phenoxy) is 1. The highest BCUT2D eigenvalue weighted by molar-refractivity contribution is 5.29. The van der Waals surface area contributed by atoms with Crippen LogP contribution >= 0.6 is 0 Å². The predicted octanol–water partition coefficient (Wildman–Crippen LogP) is 1.72. The molecule has 0 radical (unpaired) electrons. The van der Waals surface area contributed by atoms with Crippen LogP contribution in [0, 0.1) is 11.3 Å². The molecule has 18 heavy (non-hydrogen) atoms. The van der Waals surface area contributed by atoms with Crippen LogP contribution in [0.25, 0.3) is 0 Å². The molecule has 0 saturated carbocycles. The first kappa shape index (κ1) is 12.8. The molecule has 1 aliphatic heterocycles. The molecule has 96 valence electrons. The molecule has 1 aromatic heterocycles. The summed E-state index contributed by atoms with van der Waals surface area (Å²) < 4.78 is 5.35. The lowest BCUT2D eigenvalue weighted by Gasteiger charge is -2.22. The summed E-state index contributed by atoms with van der Waals surface area (Å²) in [6, 6.07) is 2.12. The first-order valence-electron chi connectivity index (χ1n) is 6.29. The minimum atomic E-state index is 0.488. The molecule has 1 fully saturated rings. The molecule has 2 heterocycles. The number of rotatable bonds is 4. The Labute approximate surface area is 107 Å². The summed E-state index contributed by atoms with van der Waals surface area (Å²) in [6.07, 6.45) is 6.39. The largest absolute Gasteiger partial charge is 0.381 e. The van der Waals surface area contributed by atoms with E-state index in [9.17, 15) is 0 Å². The van der Waals surface area contributed by atoms with E-state index in [1.165, 1.54) is 5.56 Å². The van der Waals surface area contributed by atoms with Crippen molar-refractivity contribution < 1.29 is 4.74 Å². The molecule has 1 aromatic rings. The van der Waals surface area contributed by atoms with Crippen LogP contribution in [0.1, 0.15) is 30.7 Å². The molecule has 0 N–H and O–H groups in total. The van der Waals surface area contributed by atoms with Crippen LogP contribution in [0.2, 0.25) is 0 Å². The van der Waals surface area contributed by atoms with Gasteiger partial charge in [-0.05, 0) is 24.3 Å². The third-order valence-corrected chi connectivity index (χ3v) is 3.25. The Morgan fingerprint density at radius 2 is 2.06 bits per heavy atom. The maximum atomic E-state index is 8.55. The molecule has 0 amide bonds. The molecular weight excluding hydrogens is 228 g/mol. The second-order valence-electron chi connectivity index (χ2n) is 4.53. The summed E-state index contributed by atoms with van der Waals surface area (Å²) in [5.74, 6) is 1.21. The summed E-state index contributed by atoms with van der Waals surface area (Å²) in [5.41, 5.74) is 1.19. The Morgan fingerprint density at radius 1 is 1.39 bits per heavy atom. The minimum absolute atomic E-state index is 0.488. The molecule has 0 spiro atoms. The van der Waals surface area contributed by atoms with Crippen molar-refractivity contribution >= 4 is 5.95 Å². The normalized spacial score (nSPS) is 16.2. The van der Waals surface area contributed by atoms with E-state index in [0.29, 0.717) is 24.8 Å². The monoisotopic (exact) mass is 246 g/mol. The highest BCUT2D eigenvalue weighted by Gasteiger charge is 2.16. The summed E-state index contributed by atoms with van der Waals surface area (Å²) in [7, 11) is 1.90. The molecule has 0 unspecified atom stereocenters. The average molecular weight is 246 g/mol. The molecule has 0 atom stereocenters. The Kier molecular flexibility index (Phi) is 4.48. The average Bonchev–Trinajstić information content (AvgIpc) is 2.46. The van der Waals surface area contributed by atoms with Gasteiger partial charge in [0.1, 0.15) is 0 Å². The van der Waals surface area contributed by atoms with Gasteiger partial charge in [-0.2, -0.15) is 5.26 Å². The van der Waals surface area contributed by atoms with E-state index < -0.39 is 0 Å². The highest BCUT2D eigenvalue weighted by Crippen LogP contribution is 2.26. The van der Waals surface area contributed by atoms with Gasteiger partial charge in [0, 0.05) is 39.2 Å². The molecule has 0 bridgehead atoms. The van der Waals surface area contributed by atoms with Crippen molar-refractivity contribution in [2.45, 2.75) is 25.2 Å². The number of nitrogens with zero attached hydrogens (tertiary/aromatic N) is 4. The summed E-state index contributed by atoms with van der Waals surface area (Å²) in [4.78, 5) is 10.6. The van der Waals surface area contributed by atoms with Crippen LogP contribution in [0.15, 0.2) is 12.4 Å². The molecule has 5 nitrogen and oxygen atoms in total. The van der Waals surface area contributed by atoms with Gasteiger partial charge in [-0.3, -0.25) is 0 Å². The van der Waals surface area contributed by atoms with Gasteiger partial charge in [0.15, 0.2) is 0 Å².